The molecule has 0 aliphatic rings. The molecule has 3 rings (SSSR count). The number of imidazole rings is 1. The van der Waals surface area contributed by atoms with Crippen molar-refractivity contribution in [2.45, 2.75) is 20.0 Å². The maximum absolute atomic E-state index is 6.05. The molecule has 5 nitrogen and oxygen atoms in total. The summed E-state index contributed by atoms with van der Waals surface area (Å²) in [5.41, 5.74) is 2.23. The van der Waals surface area contributed by atoms with Gasteiger partial charge in [0.05, 0.1) is 12.7 Å². The van der Waals surface area contributed by atoms with Crippen LogP contribution in [0, 0.1) is 0 Å². The first-order chi connectivity index (χ1) is 10.2. The summed E-state index contributed by atoms with van der Waals surface area (Å²) in [6.45, 7) is 4.55. The molecule has 0 radical (unpaired) electrons. The van der Waals surface area contributed by atoms with E-state index in [2.05, 4.69) is 39.0 Å². The molecule has 1 N–H and O–H groups in total. The number of nitrogens with zero attached hydrogens (tertiary/aromatic N) is 4. The average molecular weight is 304 g/mol. The number of aromatic nitrogens is 4. The lowest BCUT2D eigenvalue weighted by Gasteiger charge is -2.05. The van der Waals surface area contributed by atoms with E-state index in [0.717, 1.165) is 24.6 Å². The van der Waals surface area contributed by atoms with Gasteiger partial charge in [-0.25, -0.2) is 9.97 Å². The monoisotopic (exact) mass is 303 g/mol. The van der Waals surface area contributed by atoms with Crippen LogP contribution in [0.25, 0.3) is 11.0 Å². The van der Waals surface area contributed by atoms with Crippen LogP contribution in [0.4, 0.5) is 0 Å². The van der Waals surface area contributed by atoms with Crippen molar-refractivity contribution in [3.63, 3.8) is 0 Å². The zero-order valence-electron chi connectivity index (χ0n) is 12.2. The summed E-state index contributed by atoms with van der Waals surface area (Å²) in [5.74, 6) is 0.914. The van der Waals surface area contributed by atoms with E-state index in [-0.39, 0.29) is 0 Å². The Morgan fingerprint density at radius 2 is 2.19 bits per heavy atom. The van der Waals surface area contributed by atoms with Gasteiger partial charge < -0.3 is 14.5 Å². The van der Waals surface area contributed by atoms with Gasteiger partial charge in [-0.2, -0.15) is 0 Å². The summed E-state index contributed by atoms with van der Waals surface area (Å²) < 4.78 is 4.01. The molecule has 0 aliphatic heterocycles. The fourth-order valence-electron chi connectivity index (χ4n) is 2.44. The van der Waals surface area contributed by atoms with Gasteiger partial charge in [-0.15, -0.1) is 0 Å². The topological polar surface area (TPSA) is 47.7 Å². The zero-order chi connectivity index (χ0) is 14.8. The van der Waals surface area contributed by atoms with Crippen molar-refractivity contribution in [1.82, 2.24) is 24.4 Å². The molecule has 0 aliphatic carbocycles. The van der Waals surface area contributed by atoms with Crippen LogP contribution >= 0.6 is 11.6 Å². The third-order valence-corrected chi connectivity index (χ3v) is 3.97. The van der Waals surface area contributed by atoms with Crippen LogP contribution < -0.4 is 5.32 Å². The lowest BCUT2D eigenvalue weighted by atomic mass is 10.2. The minimum atomic E-state index is 0.641. The van der Waals surface area contributed by atoms with Crippen molar-refractivity contribution < 1.29 is 0 Å². The number of rotatable bonds is 5. The molecule has 3 aromatic heterocycles. The normalized spacial score (nSPS) is 11.4. The molecule has 0 unspecified atom stereocenters. The predicted octanol–water partition coefficient (Wildman–Crippen LogP) is 2.58. The molecular weight excluding hydrogens is 286 g/mol. The SMILES string of the molecule is CCNCc1cn(Cc2ncc(Cl)n2C)c2ncccc12. The van der Waals surface area contributed by atoms with Gasteiger partial charge in [-0.1, -0.05) is 18.5 Å². The van der Waals surface area contributed by atoms with E-state index in [0.29, 0.717) is 11.7 Å². The van der Waals surface area contributed by atoms with Crippen LogP contribution in [0.1, 0.15) is 18.3 Å². The maximum atomic E-state index is 6.05. The molecule has 3 aromatic rings. The summed E-state index contributed by atoms with van der Waals surface area (Å²) in [6, 6.07) is 4.08. The van der Waals surface area contributed by atoms with Gasteiger partial charge in [0.1, 0.15) is 16.6 Å². The average Bonchev–Trinajstić information content (AvgIpc) is 3.01. The Hall–Kier alpha value is -1.85. The van der Waals surface area contributed by atoms with E-state index in [1.54, 1.807) is 6.20 Å². The molecule has 0 saturated carbocycles. The molecule has 21 heavy (non-hydrogen) atoms. The summed E-state index contributed by atoms with van der Waals surface area (Å²) >= 11 is 6.05. The van der Waals surface area contributed by atoms with Crippen LogP contribution in [-0.2, 0) is 20.1 Å². The summed E-state index contributed by atoms with van der Waals surface area (Å²) in [7, 11) is 1.92. The second-order valence-corrected chi connectivity index (χ2v) is 5.38. The van der Waals surface area contributed by atoms with Crippen LogP contribution in [0.3, 0.4) is 0 Å². The van der Waals surface area contributed by atoms with E-state index in [1.165, 1.54) is 10.9 Å². The molecule has 0 saturated heterocycles. The lowest BCUT2D eigenvalue weighted by Crippen LogP contribution is -2.11. The Labute approximate surface area is 128 Å². The largest absolute Gasteiger partial charge is 0.325 e. The number of hydrogen-bond acceptors (Lipinski definition) is 3. The minimum Gasteiger partial charge on any atom is -0.325 e. The van der Waals surface area contributed by atoms with Gasteiger partial charge in [-0.05, 0) is 24.2 Å². The highest BCUT2D eigenvalue weighted by Crippen LogP contribution is 2.21. The van der Waals surface area contributed by atoms with Crippen LogP contribution in [0.15, 0.2) is 30.7 Å². The third kappa shape index (κ3) is 2.66. The van der Waals surface area contributed by atoms with Gasteiger partial charge in [-0.3, -0.25) is 0 Å². The quantitative estimate of drug-likeness (QED) is 0.788. The highest BCUT2D eigenvalue weighted by Gasteiger charge is 2.12. The first-order valence-electron chi connectivity index (χ1n) is 7.00. The molecule has 0 bridgehead atoms. The molecule has 0 atom stereocenters. The van der Waals surface area contributed by atoms with Crippen molar-refractivity contribution >= 4 is 22.6 Å². The highest BCUT2D eigenvalue weighted by molar-refractivity contribution is 6.29. The van der Waals surface area contributed by atoms with Gasteiger partial charge in [0.25, 0.3) is 0 Å². The van der Waals surface area contributed by atoms with Crippen LogP contribution in [-0.4, -0.2) is 25.6 Å². The van der Waals surface area contributed by atoms with Crippen molar-refractivity contribution in [3.05, 3.63) is 47.3 Å². The molecule has 0 amide bonds. The van der Waals surface area contributed by atoms with Crippen molar-refractivity contribution in [2.75, 3.05) is 6.54 Å². The van der Waals surface area contributed by atoms with Gasteiger partial charge >= 0.3 is 0 Å². The highest BCUT2D eigenvalue weighted by atomic mass is 35.5. The fraction of sp³-hybridized carbons (Fsp3) is 0.333. The van der Waals surface area contributed by atoms with Crippen molar-refractivity contribution in [1.29, 1.82) is 0 Å². The van der Waals surface area contributed by atoms with Crippen LogP contribution in [0.5, 0.6) is 0 Å². The smallest absolute Gasteiger partial charge is 0.140 e. The molecule has 0 spiro atoms. The zero-order valence-corrected chi connectivity index (χ0v) is 12.9. The third-order valence-electron chi connectivity index (χ3n) is 3.62. The summed E-state index contributed by atoms with van der Waals surface area (Å²) in [5, 5.41) is 5.19. The number of fused-ring (bicyclic) bond motifs is 1. The number of nitrogens with one attached hydrogen (secondary N) is 1. The predicted molar refractivity (Wildman–Crippen MR) is 84.4 cm³/mol. The fourth-order valence-corrected chi connectivity index (χ4v) is 2.59. The Bertz CT molecular complexity index is 759. The molecule has 6 heteroatoms. The molecule has 0 aromatic carbocycles. The van der Waals surface area contributed by atoms with E-state index >= 15 is 0 Å². The first kappa shape index (κ1) is 14.1. The lowest BCUT2D eigenvalue weighted by molar-refractivity contribution is 0.700. The van der Waals surface area contributed by atoms with E-state index < -0.39 is 0 Å². The standard InChI is InChI=1S/C15H18ClN5/c1-3-17-7-11-9-21(15-12(11)5-4-6-18-15)10-14-19-8-13(16)20(14)2/h4-6,8-9,17H,3,7,10H2,1-2H3. The number of halogens is 1. The minimum absolute atomic E-state index is 0.641. The Morgan fingerprint density at radius 3 is 2.90 bits per heavy atom. The van der Waals surface area contributed by atoms with Crippen LogP contribution in [0.2, 0.25) is 5.15 Å². The second-order valence-electron chi connectivity index (χ2n) is 4.99. The molecule has 3 heterocycles. The van der Waals surface area contributed by atoms with Crippen molar-refractivity contribution in [2.24, 2.45) is 7.05 Å². The van der Waals surface area contributed by atoms with Crippen molar-refractivity contribution in [3.8, 4) is 0 Å². The molecule has 110 valence electrons. The summed E-state index contributed by atoms with van der Waals surface area (Å²) in [4.78, 5) is 8.86. The first-order valence-corrected chi connectivity index (χ1v) is 7.38. The Balaban J connectivity index is 2.00. The maximum Gasteiger partial charge on any atom is 0.140 e. The van der Waals surface area contributed by atoms with E-state index in [1.807, 2.05) is 23.9 Å². The van der Waals surface area contributed by atoms with Gasteiger partial charge in [0.15, 0.2) is 0 Å². The number of pyridine rings is 1. The Kier molecular flexibility index (Phi) is 3.94. The molecular formula is C15H18ClN5. The summed E-state index contributed by atoms with van der Waals surface area (Å²) in [6.07, 6.45) is 5.64. The van der Waals surface area contributed by atoms with E-state index in [9.17, 15) is 0 Å². The number of hydrogen-bond donors (Lipinski definition) is 1. The van der Waals surface area contributed by atoms with Gasteiger partial charge in [0.2, 0.25) is 0 Å². The van der Waals surface area contributed by atoms with E-state index in [4.69, 9.17) is 11.6 Å². The Morgan fingerprint density at radius 1 is 1.33 bits per heavy atom. The molecule has 0 fully saturated rings. The second kappa shape index (κ2) is 5.87. The van der Waals surface area contributed by atoms with Gasteiger partial charge in [0, 0.05) is 31.4 Å².